The van der Waals surface area contributed by atoms with Gasteiger partial charge in [0.15, 0.2) is 6.61 Å². The van der Waals surface area contributed by atoms with Gasteiger partial charge in [0.1, 0.15) is 5.75 Å². The van der Waals surface area contributed by atoms with Gasteiger partial charge < -0.3 is 9.64 Å². The molecule has 1 aliphatic rings. The Hall–Kier alpha value is -2.83. The Morgan fingerprint density at radius 2 is 1.50 bits per heavy atom. The molecular formula is C29H43F3N2O2. The molecule has 36 heavy (non-hydrogen) atoms. The maximum atomic E-state index is 12.7. The fourth-order valence-corrected chi connectivity index (χ4v) is 3.20. The van der Waals surface area contributed by atoms with Crippen LogP contribution in [-0.2, 0) is 11.0 Å². The zero-order valence-electron chi connectivity index (χ0n) is 23.0. The summed E-state index contributed by atoms with van der Waals surface area (Å²) in [5.74, 6) is 0.0366. The number of alkyl halides is 3. The second-order valence-electron chi connectivity index (χ2n) is 7.51. The largest absolute Gasteiger partial charge is 0.484 e. The summed E-state index contributed by atoms with van der Waals surface area (Å²) in [4.78, 5) is 19.1. The highest BCUT2D eigenvalue weighted by Crippen LogP contribution is 2.30. The van der Waals surface area contributed by atoms with Gasteiger partial charge in [-0.3, -0.25) is 9.79 Å². The molecule has 0 radical (unpaired) electrons. The molecule has 2 aromatic carbocycles. The summed E-state index contributed by atoms with van der Waals surface area (Å²) < 4.78 is 43.4. The summed E-state index contributed by atoms with van der Waals surface area (Å²) >= 11 is 0. The van der Waals surface area contributed by atoms with Crippen molar-refractivity contribution >= 4 is 11.6 Å². The number of rotatable bonds is 8. The Kier molecular flexibility index (Phi) is 16.2. The number of carbonyl (C=O) groups is 1. The molecule has 202 valence electrons. The third kappa shape index (κ3) is 11.7. The Morgan fingerprint density at radius 3 is 1.97 bits per heavy atom. The summed E-state index contributed by atoms with van der Waals surface area (Å²) in [7, 11) is 0. The average molecular weight is 509 g/mol. The fraction of sp³-hybridized carbons (Fsp3) is 0.517. The summed E-state index contributed by atoms with van der Waals surface area (Å²) in [5, 5.41) is 0. The quantitative estimate of drug-likeness (QED) is 0.336. The summed E-state index contributed by atoms with van der Waals surface area (Å²) in [6, 6.07) is 14.4. The minimum atomic E-state index is -4.40. The number of hydrogen-bond acceptors (Lipinski definition) is 3. The third-order valence-electron chi connectivity index (χ3n) is 4.95. The van der Waals surface area contributed by atoms with Gasteiger partial charge in [0.2, 0.25) is 0 Å². The van der Waals surface area contributed by atoms with Crippen LogP contribution in [0.3, 0.4) is 0 Å². The lowest BCUT2D eigenvalue weighted by Crippen LogP contribution is -2.39. The SMILES string of the molecule is CC.CC.CC.CC(CN(C(=O)COc1ccc(C(F)(F)F)cc1)C1CC1)=NC(C)c1ccccc1. The smallest absolute Gasteiger partial charge is 0.416 e. The van der Waals surface area contributed by atoms with Crippen LogP contribution >= 0.6 is 0 Å². The molecule has 1 amide bonds. The number of aliphatic imine (C=N–C) groups is 1. The van der Waals surface area contributed by atoms with Gasteiger partial charge >= 0.3 is 6.18 Å². The highest BCUT2D eigenvalue weighted by atomic mass is 19.4. The average Bonchev–Trinajstić information content (AvgIpc) is 3.75. The molecular weight excluding hydrogens is 465 g/mol. The molecule has 1 unspecified atom stereocenters. The molecule has 1 fully saturated rings. The van der Waals surface area contributed by atoms with Gasteiger partial charge in [0.25, 0.3) is 5.91 Å². The summed E-state index contributed by atoms with van der Waals surface area (Å²) in [6.07, 6.45) is -2.52. The van der Waals surface area contributed by atoms with E-state index in [1.54, 1.807) is 4.90 Å². The molecule has 0 spiro atoms. The maximum absolute atomic E-state index is 12.7. The molecule has 0 heterocycles. The van der Waals surface area contributed by atoms with Crippen LogP contribution in [0.1, 0.15) is 85.4 Å². The Balaban J connectivity index is 0.00000190. The normalized spacial score (nSPS) is 13.5. The second-order valence-corrected chi connectivity index (χ2v) is 7.51. The lowest BCUT2D eigenvalue weighted by molar-refractivity contribution is -0.137. The zero-order valence-corrected chi connectivity index (χ0v) is 23.0. The van der Waals surface area contributed by atoms with Crippen molar-refractivity contribution in [2.75, 3.05) is 13.2 Å². The minimum Gasteiger partial charge on any atom is -0.484 e. The number of carbonyl (C=O) groups excluding carboxylic acids is 1. The van der Waals surface area contributed by atoms with Crippen LogP contribution in [0.5, 0.6) is 5.75 Å². The minimum absolute atomic E-state index is 0.00856. The molecule has 4 nitrogen and oxygen atoms in total. The molecule has 1 atom stereocenters. The molecule has 0 saturated heterocycles. The monoisotopic (exact) mass is 508 g/mol. The molecule has 0 N–H and O–H groups in total. The van der Waals surface area contributed by atoms with E-state index < -0.39 is 11.7 Å². The number of halogens is 3. The van der Waals surface area contributed by atoms with Gasteiger partial charge in [-0.05, 0) is 56.5 Å². The first-order valence-electron chi connectivity index (χ1n) is 12.9. The van der Waals surface area contributed by atoms with E-state index in [4.69, 9.17) is 9.73 Å². The Morgan fingerprint density at radius 1 is 0.972 bits per heavy atom. The van der Waals surface area contributed by atoms with Crippen LogP contribution in [0.25, 0.3) is 0 Å². The predicted octanol–water partition coefficient (Wildman–Crippen LogP) is 8.38. The highest BCUT2D eigenvalue weighted by Gasteiger charge is 2.33. The van der Waals surface area contributed by atoms with Crippen molar-refractivity contribution < 1.29 is 22.7 Å². The van der Waals surface area contributed by atoms with Crippen LogP contribution < -0.4 is 4.74 Å². The van der Waals surface area contributed by atoms with E-state index in [-0.39, 0.29) is 30.3 Å². The van der Waals surface area contributed by atoms with Crippen molar-refractivity contribution in [3.05, 3.63) is 65.7 Å². The Bertz CT molecular complexity index is 878. The molecule has 7 heteroatoms. The second kappa shape index (κ2) is 17.6. The first-order valence-corrected chi connectivity index (χ1v) is 12.9. The van der Waals surface area contributed by atoms with Crippen molar-refractivity contribution in [1.29, 1.82) is 0 Å². The van der Waals surface area contributed by atoms with Crippen molar-refractivity contribution in [3.8, 4) is 5.75 Å². The number of nitrogens with zero attached hydrogens (tertiary/aromatic N) is 2. The van der Waals surface area contributed by atoms with Crippen LogP contribution in [0.15, 0.2) is 59.6 Å². The van der Waals surface area contributed by atoms with E-state index in [1.165, 1.54) is 12.1 Å². The molecule has 1 saturated carbocycles. The molecule has 3 rings (SSSR count). The van der Waals surface area contributed by atoms with Gasteiger partial charge in [-0.1, -0.05) is 71.9 Å². The van der Waals surface area contributed by atoms with E-state index >= 15 is 0 Å². The lowest BCUT2D eigenvalue weighted by Gasteiger charge is -2.23. The summed E-state index contributed by atoms with van der Waals surface area (Å²) in [6.45, 7) is 16.1. The Labute approximate surface area is 215 Å². The van der Waals surface area contributed by atoms with Crippen LogP contribution in [0, 0.1) is 0 Å². The number of ether oxygens (including phenoxy) is 1. The van der Waals surface area contributed by atoms with Gasteiger partial charge in [-0.2, -0.15) is 13.2 Å². The van der Waals surface area contributed by atoms with E-state index in [2.05, 4.69) is 0 Å². The van der Waals surface area contributed by atoms with Gasteiger partial charge in [0, 0.05) is 11.8 Å². The topological polar surface area (TPSA) is 41.9 Å². The third-order valence-corrected chi connectivity index (χ3v) is 4.95. The van der Waals surface area contributed by atoms with E-state index in [1.807, 2.05) is 85.7 Å². The lowest BCUT2D eigenvalue weighted by atomic mass is 10.1. The standard InChI is InChI=1S/C23H25F3N2O2.3C2H6/c1-16(27-17(2)18-6-4-3-5-7-18)14-28(20-10-11-20)22(29)15-30-21-12-8-19(9-13-21)23(24,25)26;3*1-2/h3-9,12-13,17,20H,10-11,14-15H2,1-2H3;3*1-2H3. The van der Waals surface area contributed by atoms with Gasteiger partial charge in [-0.25, -0.2) is 0 Å². The van der Waals surface area contributed by atoms with Gasteiger partial charge in [-0.15, -0.1) is 0 Å². The van der Waals surface area contributed by atoms with E-state index in [0.717, 1.165) is 36.2 Å². The first kappa shape index (κ1) is 33.2. The van der Waals surface area contributed by atoms with Crippen molar-refractivity contribution in [1.82, 2.24) is 4.90 Å². The van der Waals surface area contributed by atoms with Crippen LogP contribution in [-0.4, -0.2) is 35.7 Å². The van der Waals surface area contributed by atoms with Gasteiger partial charge in [0.05, 0.1) is 18.2 Å². The van der Waals surface area contributed by atoms with Crippen molar-refractivity contribution in [2.24, 2.45) is 4.99 Å². The summed E-state index contributed by atoms with van der Waals surface area (Å²) in [5.41, 5.74) is 1.20. The van der Waals surface area contributed by atoms with E-state index in [0.29, 0.717) is 6.54 Å². The first-order chi connectivity index (χ1) is 17.2. The molecule has 0 aliphatic heterocycles. The molecule has 0 bridgehead atoms. The van der Waals surface area contributed by atoms with Crippen LogP contribution in [0.2, 0.25) is 0 Å². The predicted molar refractivity (Wildman–Crippen MR) is 144 cm³/mol. The van der Waals surface area contributed by atoms with E-state index in [9.17, 15) is 18.0 Å². The molecule has 1 aliphatic carbocycles. The molecule has 0 aromatic heterocycles. The van der Waals surface area contributed by atoms with Crippen molar-refractivity contribution in [3.63, 3.8) is 0 Å². The van der Waals surface area contributed by atoms with Crippen LogP contribution in [0.4, 0.5) is 13.2 Å². The number of benzene rings is 2. The maximum Gasteiger partial charge on any atom is 0.416 e. The number of amides is 1. The fourth-order valence-electron chi connectivity index (χ4n) is 3.20. The van der Waals surface area contributed by atoms with Crippen molar-refractivity contribution in [2.45, 2.75) is 86.5 Å². The molecule has 2 aromatic rings. The zero-order chi connectivity index (χ0) is 27.7. The highest BCUT2D eigenvalue weighted by molar-refractivity contribution is 5.89. The number of hydrogen-bond donors (Lipinski definition) is 0.